The minimum atomic E-state index is -3.64. The van der Waals surface area contributed by atoms with Gasteiger partial charge in [-0.25, -0.2) is 8.42 Å². The molecule has 6 nitrogen and oxygen atoms in total. The quantitative estimate of drug-likeness (QED) is 0.523. The Balaban J connectivity index is 0.00000274. The molecule has 0 aromatic heterocycles. The van der Waals surface area contributed by atoms with Crippen molar-refractivity contribution in [3.63, 3.8) is 0 Å². The highest BCUT2D eigenvalue weighted by atomic mass is 35.5. The average molecular weight is 520 g/mol. The fourth-order valence-electron chi connectivity index (χ4n) is 4.65. The zero-order valence-electron chi connectivity index (χ0n) is 18.9. The fourth-order valence-corrected chi connectivity index (χ4v) is 6.28. The van der Waals surface area contributed by atoms with Crippen molar-refractivity contribution in [3.05, 3.63) is 76.3 Å². The van der Waals surface area contributed by atoms with E-state index in [1.54, 1.807) is 29.2 Å². The number of amides is 1. The van der Waals surface area contributed by atoms with Gasteiger partial charge >= 0.3 is 0 Å². The van der Waals surface area contributed by atoms with Crippen LogP contribution in [0.4, 0.5) is 0 Å². The van der Waals surface area contributed by atoms with Crippen LogP contribution >= 0.6 is 24.0 Å². The van der Waals surface area contributed by atoms with Crippen molar-refractivity contribution in [2.45, 2.75) is 17.9 Å². The van der Waals surface area contributed by atoms with Crippen LogP contribution in [0.15, 0.2) is 59.5 Å². The highest BCUT2D eigenvalue weighted by Gasteiger charge is 2.31. The molecule has 1 fully saturated rings. The summed E-state index contributed by atoms with van der Waals surface area (Å²) in [5, 5.41) is 2.34. The number of halogens is 2. The molecule has 34 heavy (non-hydrogen) atoms. The standard InChI is InChI=1S/C25H26ClN3O3S.ClH/c1-27-9-8-20-14-21(2-3-22(20)17-27)25(30)28-10-12-29(13-11-28)33(31,32)24-7-5-18-15-23(26)6-4-19(18)16-24;/h2-7,14-16H,8-13,17H2,1H3;1H. The second kappa shape index (κ2) is 9.84. The first-order valence-electron chi connectivity index (χ1n) is 11.1. The zero-order valence-corrected chi connectivity index (χ0v) is 21.3. The molecule has 180 valence electrons. The van der Waals surface area contributed by atoms with Crippen LogP contribution in [-0.4, -0.2) is 68.2 Å². The van der Waals surface area contributed by atoms with Crippen LogP contribution in [0, 0.1) is 0 Å². The maximum atomic E-state index is 13.2. The van der Waals surface area contributed by atoms with E-state index >= 15 is 0 Å². The van der Waals surface area contributed by atoms with E-state index in [1.165, 1.54) is 15.4 Å². The summed E-state index contributed by atoms with van der Waals surface area (Å²) in [6.45, 7) is 3.21. The Bertz CT molecular complexity index is 1340. The number of rotatable bonds is 3. The van der Waals surface area contributed by atoms with Crippen LogP contribution in [0.25, 0.3) is 10.8 Å². The third-order valence-electron chi connectivity index (χ3n) is 6.59. The van der Waals surface area contributed by atoms with Crippen LogP contribution in [0.1, 0.15) is 21.5 Å². The summed E-state index contributed by atoms with van der Waals surface area (Å²) < 4.78 is 27.9. The smallest absolute Gasteiger partial charge is 0.253 e. The van der Waals surface area contributed by atoms with E-state index in [0.29, 0.717) is 23.7 Å². The van der Waals surface area contributed by atoms with Gasteiger partial charge in [-0.3, -0.25) is 4.79 Å². The Morgan fingerprint density at radius 2 is 1.56 bits per heavy atom. The largest absolute Gasteiger partial charge is 0.336 e. The van der Waals surface area contributed by atoms with Crippen molar-refractivity contribution < 1.29 is 13.2 Å². The van der Waals surface area contributed by atoms with Crippen molar-refractivity contribution in [2.75, 3.05) is 39.8 Å². The first-order chi connectivity index (χ1) is 15.8. The maximum Gasteiger partial charge on any atom is 0.253 e. The lowest BCUT2D eigenvalue weighted by Gasteiger charge is -2.34. The molecule has 0 unspecified atom stereocenters. The number of nitrogens with zero attached hydrogens (tertiary/aromatic N) is 3. The summed E-state index contributed by atoms with van der Waals surface area (Å²) in [6.07, 6.45) is 0.941. The lowest BCUT2D eigenvalue weighted by molar-refractivity contribution is 0.0697. The Morgan fingerprint density at radius 1 is 0.853 bits per heavy atom. The Labute approximate surface area is 211 Å². The summed E-state index contributed by atoms with van der Waals surface area (Å²) in [4.78, 5) is 17.4. The van der Waals surface area contributed by atoms with Gasteiger partial charge in [-0.2, -0.15) is 4.31 Å². The maximum absolute atomic E-state index is 13.2. The molecule has 3 aromatic rings. The number of likely N-dealkylation sites (N-methyl/N-ethyl adjacent to an activating group) is 1. The van der Waals surface area contributed by atoms with E-state index in [0.717, 1.165) is 30.3 Å². The molecule has 2 heterocycles. The summed E-state index contributed by atoms with van der Waals surface area (Å²) >= 11 is 6.03. The lowest BCUT2D eigenvalue weighted by Crippen LogP contribution is -2.50. The molecule has 2 aliphatic rings. The molecule has 0 aliphatic carbocycles. The number of benzene rings is 3. The van der Waals surface area contributed by atoms with Crippen molar-refractivity contribution in [2.24, 2.45) is 0 Å². The van der Waals surface area contributed by atoms with E-state index in [2.05, 4.69) is 11.9 Å². The van der Waals surface area contributed by atoms with Gasteiger partial charge in [-0.1, -0.05) is 29.8 Å². The second-order valence-electron chi connectivity index (χ2n) is 8.82. The highest BCUT2D eigenvalue weighted by molar-refractivity contribution is 7.89. The van der Waals surface area contributed by atoms with E-state index in [-0.39, 0.29) is 36.3 Å². The summed E-state index contributed by atoms with van der Waals surface area (Å²) in [5.74, 6) is -0.0311. The van der Waals surface area contributed by atoms with Gasteiger partial charge in [0.1, 0.15) is 0 Å². The van der Waals surface area contributed by atoms with Gasteiger partial charge < -0.3 is 9.80 Å². The van der Waals surface area contributed by atoms with Crippen LogP contribution in [0.3, 0.4) is 0 Å². The molecule has 1 amide bonds. The molecule has 0 N–H and O–H groups in total. The number of piperazine rings is 1. The molecule has 5 rings (SSSR count). The normalized spacial score (nSPS) is 17.3. The molecule has 2 aliphatic heterocycles. The molecule has 0 bridgehead atoms. The summed E-state index contributed by atoms with van der Waals surface area (Å²) in [7, 11) is -1.54. The molecular weight excluding hydrogens is 493 g/mol. The number of hydrogen-bond donors (Lipinski definition) is 0. The molecule has 1 saturated heterocycles. The molecule has 0 saturated carbocycles. The molecule has 9 heteroatoms. The molecule has 3 aromatic carbocycles. The van der Waals surface area contributed by atoms with Crippen molar-refractivity contribution in [1.82, 2.24) is 14.1 Å². The lowest BCUT2D eigenvalue weighted by atomic mass is 9.97. The van der Waals surface area contributed by atoms with Crippen LogP contribution < -0.4 is 0 Å². The van der Waals surface area contributed by atoms with E-state index in [4.69, 9.17) is 11.6 Å². The van der Waals surface area contributed by atoms with Crippen molar-refractivity contribution in [1.29, 1.82) is 0 Å². The summed E-state index contributed by atoms with van der Waals surface area (Å²) in [6, 6.07) is 16.4. The molecule has 0 spiro atoms. The topological polar surface area (TPSA) is 60.9 Å². The van der Waals surface area contributed by atoms with Gasteiger partial charge in [-0.15, -0.1) is 12.4 Å². The Morgan fingerprint density at radius 3 is 2.32 bits per heavy atom. The SMILES string of the molecule is CN1CCc2cc(C(=O)N3CCN(S(=O)(=O)c4ccc5cc(Cl)ccc5c4)CC3)ccc2C1.Cl. The van der Waals surface area contributed by atoms with Gasteiger partial charge in [0.05, 0.1) is 4.90 Å². The highest BCUT2D eigenvalue weighted by Crippen LogP contribution is 2.26. The van der Waals surface area contributed by atoms with E-state index in [9.17, 15) is 13.2 Å². The first kappa shape index (κ1) is 24.9. The Kier molecular flexibility index (Phi) is 7.22. The first-order valence-corrected chi connectivity index (χ1v) is 12.9. The second-order valence-corrected chi connectivity index (χ2v) is 11.2. The fraction of sp³-hybridized carbons (Fsp3) is 0.320. The molecule has 0 radical (unpaired) electrons. The zero-order chi connectivity index (χ0) is 23.2. The van der Waals surface area contributed by atoms with Gasteiger partial charge in [-0.05, 0) is 71.8 Å². The monoisotopic (exact) mass is 519 g/mol. The van der Waals surface area contributed by atoms with Crippen LogP contribution in [0.5, 0.6) is 0 Å². The average Bonchev–Trinajstić information content (AvgIpc) is 2.83. The molecular formula is C25H27Cl2N3O3S. The van der Waals surface area contributed by atoms with Crippen LogP contribution in [-0.2, 0) is 23.0 Å². The molecule has 0 atom stereocenters. The minimum absolute atomic E-state index is 0. The predicted molar refractivity (Wildman–Crippen MR) is 137 cm³/mol. The predicted octanol–water partition coefficient (Wildman–Crippen LogP) is 4.05. The van der Waals surface area contributed by atoms with Crippen molar-refractivity contribution in [3.8, 4) is 0 Å². The van der Waals surface area contributed by atoms with E-state index < -0.39 is 10.0 Å². The summed E-state index contributed by atoms with van der Waals surface area (Å²) in [5.41, 5.74) is 3.19. The Hall–Kier alpha value is -2.16. The van der Waals surface area contributed by atoms with Gasteiger partial charge in [0.15, 0.2) is 0 Å². The number of carbonyl (C=O) groups is 1. The number of carbonyl (C=O) groups excluding carboxylic acids is 1. The number of sulfonamides is 1. The van der Waals surface area contributed by atoms with Gasteiger partial charge in [0, 0.05) is 49.9 Å². The third kappa shape index (κ3) is 4.81. The van der Waals surface area contributed by atoms with Gasteiger partial charge in [0.25, 0.3) is 5.91 Å². The number of hydrogen-bond acceptors (Lipinski definition) is 4. The number of fused-ring (bicyclic) bond motifs is 2. The third-order valence-corrected chi connectivity index (χ3v) is 8.72. The van der Waals surface area contributed by atoms with Crippen LogP contribution in [0.2, 0.25) is 5.02 Å². The van der Waals surface area contributed by atoms with E-state index in [1.807, 2.05) is 30.3 Å². The van der Waals surface area contributed by atoms with Gasteiger partial charge in [0.2, 0.25) is 10.0 Å². The minimum Gasteiger partial charge on any atom is -0.336 e. The van der Waals surface area contributed by atoms with Crippen molar-refractivity contribution >= 4 is 50.7 Å².